The molecule has 26 heavy (non-hydrogen) atoms. The summed E-state index contributed by atoms with van der Waals surface area (Å²) < 4.78 is 11.3. The van der Waals surface area contributed by atoms with Crippen molar-refractivity contribution in [1.29, 1.82) is 0 Å². The van der Waals surface area contributed by atoms with Crippen molar-refractivity contribution < 1.29 is 19.4 Å². The molecule has 1 aliphatic rings. The van der Waals surface area contributed by atoms with E-state index in [1.54, 1.807) is 24.3 Å². The van der Waals surface area contributed by atoms with Crippen LogP contribution < -0.4 is 21.3 Å². The fourth-order valence-electron chi connectivity index (χ4n) is 2.68. The minimum absolute atomic E-state index is 0.0556. The second-order valence-corrected chi connectivity index (χ2v) is 5.90. The molecule has 2 aromatic rings. The van der Waals surface area contributed by atoms with Crippen molar-refractivity contribution in [1.82, 2.24) is 15.3 Å². The van der Waals surface area contributed by atoms with Crippen LogP contribution >= 0.6 is 0 Å². The predicted molar refractivity (Wildman–Crippen MR) is 91.2 cm³/mol. The smallest absolute Gasteiger partial charge is 0.326 e. The first-order valence-corrected chi connectivity index (χ1v) is 8.14. The Hall–Kier alpha value is -2.91. The molecule has 2 atom stereocenters. The number of hydrogen-bond acceptors (Lipinski definition) is 6. The lowest BCUT2D eigenvalue weighted by molar-refractivity contribution is -0.0135. The molecule has 1 saturated heterocycles. The normalized spacial score (nSPS) is 19.7. The summed E-state index contributed by atoms with van der Waals surface area (Å²) in [6.45, 7) is 0.693. The summed E-state index contributed by atoms with van der Waals surface area (Å²) in [5.74, 6) is 0.0193. The predicted octanol–water partition coefficient (Wildman–Crippen LogP) is -0.478. The fraction of sp³-hybridized carbons (Fsp3) is 0.353. The van der Waals surface area contributed by atoms with Crippen LogP contribution in [0.15, 0.2) is 39.9 Å². The largest absolute Gasteiger partial charge is 0.486 e. The summed E-state index contributed by atoms with van der Waals surface area (Å²) in [4.78, 5) is 39.3. The van der Waals surface area contributed by atoms with E-state index < -0.39 is 23.3 Å². The monoisotopic (exact) mass is 361 g/mol. The van der Waals surface area contributed by atoms with E-state index in [1.165, 1.54) is 0 Å². The summed E-state index contributed by atoms with van der Waals surface area (Å²) >= 11 is 0. The SMILES string of the molecule is O=C(N[C@@H]1CCOC[C@H]1Oc1ccc(CO)cc1)c1cc(=O)[nH]c(=O)[nH]1. The molecule has 0 unspecified atom stereocenters. The Kier molecular flexibility index (Phi) is 5.49. The number of aliphatic hydroxyl groups is 1. The molecule has 0 aliphatic carbocycles. The summed E-state index contributed by atoms with van der Waals surface area (Å²) in [6, 6.07) is 7.62. The van der Waals surface area contributed by atoms with E-state index in [9.17, 15) is 14.4 Å². The van der Waals surface area contributed by atoms with E-state index in [-0.39, 0.29) is 18.3 Å². The van der Waals surface area contributed by atoms with Crippen LogP contribution in [0.5, 0.6) is 5.75 Å². The lowest BCUT2D eigenvalue weighted by atomic mass is 10.1. The lowest BCUT2D eigenvalue weighted by Crippen LogP contribution is -2.51. The van der Waals surface area contributed by atoms with Crippen LogP contribution in [0.4, 0.5) is 0 Å². The Labute approximate surface area is 148 Å². The molecule has 1 aliphatic heterocycles. The lowest BCUT2D eigenvalue weighted by Gasteiger charge is -2.32. The highest BCUT2D eigenvalue weighted by molar-refractivity contribution is 5.92. The number of aromatic nitrogens is 2. The Morgan fingerprint density at radius 2 is 2.04 bits per heavy atom. The number of rotatable bonds is 5. The van der Waals surface area contributed by atoms with Gasteiger partial charge in [0.15, 0.2) is 0 Å². The Morgan fingerprint density at radius 3 is 2.73 bits per heavy atom. The molecule has 0 saturated carbocycles. The molecule has 1 amide bonds. The number of carbonyl (C=O) groups is 1. The molecule has 4 N–H and O–H groups in total. The summed E-state index contributed by atoms with van der Waals surface area (Å²) in [7, 11) is 0. The third-order valence-electron chi connectivity index (χ3n) is 4.02. The van der Waals surface area contributed by atoms with Crippen LogP contribution in [0, 0.1) is 0 Å². The number of ether oxygens (including phenoxy) is 2. The maximum atomic E-state index is 12.3. The highest BCUT2D eigenvalue weighted by Crippen LogP contribution is 2.19. The minimum Gasteiger partial charge on any atom is -0.486 e. The van der Waals surface area contributed by atoms with Crippen LogP contribution in [0.1, 0.15) is 22.5 Å². The number of hydrogen-bond donors (Lipinski definition) is 4. The van der Waals surface area contributed by atoms with E-state index in [0.717, 1.165) is 11.6 Å². The van der Waals surface area contributed by atoms with Gasteiger partial charge in [-0.05, 0) is 24.1 Å². The molecular weight excluding hydrogens is 342 g/mol. The molecule has 0 bridgehead atoms. The standard InChI is InChI=1S/C17H19N3O6/c21-8-10-1-3-11(4-2-10)26-14-9-25-6-5-12(14)18-16(23)13-7-15(22)20-17(24)19-13/h1-4,7,12,14,21H,5-6,8-9H2,(H,18,23)(H2,19,20,22,24)/t12-,14-/m1/s1. The number of aromatic amines is 2. The molecule has 1 fully saturated rings. The second-order valence-electron chi connectivity index (χ2n) is 5.90. The van der Waals surface area contributed by atoms with Crippen LogP contribution in [0.3, 0.4) is 0 Å². The number of aliphatic hydroxyl groups excluding tert-OH is 1. The molecule has 9 heteroatoms. The van der Waals surface area contributed by atoms with Gasteiger partial charge >= 0.3 is 5.69 Å². The first-order valence-electron chi connectivity index (χ1n) is 8.14. The van der Waals surface area contributed by atoms with E-state index in [1.807, 2.05) is 4.98 Å². The van der Waals surface area contributed by atoms with Gasteiger partial charge in [-0.1, -0.05) is 12.1 Å². The van der Waals surface area contributed by atoms with Crippen LogP contribution in [0.25, 0.3) is 0 Å². The van der Waals surface area contributed by atoms with E-state index in [2.05, 4.69) is 10.3 Å². The topological polar surface area (TPSA) is 134 Å². The zero-order valence-corrected chi connectivity index (χ0v) is 13.9. The Morgan fingerprint density at radius 1 is 1.27 bits per heavy atom. The Bertz CT molecular complexity index is 845. The van der Waals surface area contributed by atoms with E-state index >= 15 is 0 Å². The molecule has 1 aromatic carbocycles. The number of H-pyrrole nitrogens is 2. The maximum absolute atomic E-state index is 12.3. The second kappa shape index (κ2) is 7.98. The van der Waals surface area contributed by atoms with Gasteiger partial charge in [-0.15, -0.1) is 0 Å². The third kappa shape index (κ3) is 4.38. The highest BCUT2D eigenvalue weighted by Gasteiger charge is 2.29. The minimum atomic E-state index is -0.744. The third-order valence-corrected chi connectivity index (χ3v) is 4.02. The van der Waals surface area contributed by atoms with Gasteiger partial charge in [-0.25, -0.2) is 4.79 Å². The first-order chi connectivity index (χ1) is 12.5. The highest BCUT2D eigenvalue weighted by atomic mass is 16.5. The average molecular weight is 361 g/mol. The number of benzene rings is 1. The van der Waals surface area contributed by atoms with Crippen molar-refractivity contribution in [2.45, 2.75) is 25.2 Å². The summed E-state index contributed by atoms with van der Waals surface area (Å²) in [6.07, 6.45) is 0.0971. The first kappa shape index (κ1) is 17.9. The Balaban J connectivity index is 1.70. The number of amides is 1. The van der Waals surface area contributed by atoms with Crippen molar-refractivity contribution in [3.8, 4) is 5.75 Å². The molecule has 2 heterocycles. The molecular formula is C17H19N3O6. The van der Waals surface area contributed by atoms with E-state index in [4.69, 9.17) is 14.6 Å². The molecule has 0 radical (unpaired) electrons. The van der Waals surface area contributed by atoms with Gasteiger partial charge in [-0.3, -0.25) is 14.6 Å². The van der Waals surface area contributed by atoms with E-state index in [0.29, 0.717) is 25.4 Å². The van der Waals surface area contributed by atoms with Crippen molar-refractivity contribution in [2.75, 3.05) is 13.2 Å². The number of nitrogens with one attached hydrogen (secondary N) is 3. The summed E-state index contributed by atoms with van der Waals surface area (Å²) in [5, 5.41) is 11.9. The quantitative estimate of drug-likeness (QED) is 0.568. The van der Waals surface area contributed by atoms with Crippen molar-refractivity contribution in [3.63, 3.8) is 0 Å². The molecule has 3 rings (SSSR count). The van der Waals surface area contributed by atoms with Gasteiger partial charge in [-0.2, -0.15) is 0 Å². The summed E-state index contributed by atoms with van der Waals surface area (Å²) in [5.41, 5.74) is -0.745. The molecule has 138 valence electrons. The zero-order valence-electron chi connectivity index (χ0n) is 13.9. The van der Waals surface area contributed by atoms with Crippen molar-refractivity contribution >= 4 is 5.91 Å². The van der Waals surface area contributed by atoms with Gasteiger partial charge in [0, 0.05) is 12.7 Å². The van der Waals surface area contributed by atoms with Gasteiger partial charge in [0.2, 0.25) is 0 Å². The number of carbonyl (C=O) groups excluding carboxylic acids is 1. The average Bonchev–Trinajstić information content (AvgIpc) is 2.63. The van der Waals surface area contributed by atoms with Gasteiger partial charge in [0.1, 0.15) is 17.5 Å². The van der Waals surface area contributed by atoms with Gasteiger partial charge in [0.05, 0.1) is 19.3 Å². The van der Waals surface area contributed by atoms with Crippen LogP contribution in [-0.2, 0) is 11.3 Å². The van der Waals surface area contributed by atoms with Crippen LogP contribution in [0.2, 0.25) is 0 Å². The van der Waals surface area contributed by atoms with Crippen molar-refractivity contribution in [2.24, 2.45) is 0 Å². The van der Waals surface area contributed by atoms with Crippen molar-refractivity contribution in [3.05, 3.63) is 62.4 Å². The fourth-order valence-corrected chi connectivity index (χ4v) is 2.68. The van der Waals surface area contributed by atoms with Gasteiger partial charge < -0.3 is 24.9 Å². The maximum Gasteiger partial charge on any atom is 0.326 e. The molecule has 1 aromatic heterocycles. The zero-order chi connectivity index (χ0) is 18.5. The van der Waals surface area contributed by atoms with Crippen LogP contribution in [-0.4, -0.2) is 46.3 Å². The molecule has 9 nitrogen and oxygen atoms in total. The molecule has 0 spiro atoms. The van der Waals surface area contributed by atoms with Gasteiger partial charge in [0.25, 0.3) is 11.5 Å².